The summed E-state index contributed by atoms with van der Waals surface area (Å²) < 4.78 is 38.5. The van der Waals surface area contributed by atoms with E-state index in [0.29, 0.717) is 31.2 Å². The van der Waals surface area contributed by atoms with E-state index in [2.05, 4.69) is 0 Å². The summed E-state index contributed by atoms with van der Waals surface area (Å²) in [7, 11) is -3.81. The van der Waals surface area contributed by atoms with Gasteiger partial charge in [0, 0.05) is 19.2 Å². The monoisotopic (exact) mass is 420 g/mol. The Morgan fingerprint density at radius 1 is 1.17 bits per heavy atom. The van der Waals surface area contributed by atoms with Gasteiger partial charge in [0.1, 0.15) is 0 Å². The van der Waals surface area contributed by atoms with E-state index in [-0.39, 0.29) is 16.6 Å². The number of nitro benzene ring substituents is 1. The molecule has 0 N–H and O–H groups in total. The van der Waals surface area contributed by atoms with Gasteiger partial charge in [-0.3, -0.25) is 10.1 Å². The van der Waals surface area contributed by atoms with Crippen molar-refractivity contribution in [2.45, 2.75) is 31.6 Å². The van der Waals surface area contributed by atoms with Crippen LogP contribution in [0.3, 0.4) is 0 Å². The molecule has 1 aliphatic rings. The van der Waals surface area contributed by atoms with Crippen LogP contribution in [0.2, 0.25) is 0 Å². The summed E-state index contributed by atoms with van der Waals surface area (Å²) in [6, 6.07) is 10.5. The minimum Gasteiger partial charge on any atom is -0.490 e. The first-order valence-corrected chi connectivity index (χ1v) is 10.9. The summed E-state index contributed by atoms with van der Waals surface area (Å²) in [6.07, 6.45) is 1.75. The number of hydrogen-bond acceptors (Lipinski definition) is 6. The lowest BCUT2D eigenvalue weighted by molar-refractivity contribution is -0.385. The molecule has 9 heteroatoms. The van der Waals surface area contributed by atoms with Crippen LogP contribution in [0.25, 0.3) is 0 Å². The molecule has 156 valence electrons. The fourth-order valence-electron chi connectivity index (χ4n) is 3.33. The van der Waals surface area contributed by atoms with E-state index in [9.17, 15) is 18.5 Å². The summed E-state index contributed by atoms with van der Waals surface area (Å²) in [5.74, 6) is 0.973. The number of sulfonamides is 1. The Morgan fingerprint density at radius 3 is 2.55 bits per heavy atom. The first-order valence-electron chi connectivity index (χ1n) is 9.51. The number of nitro groups is 1. The molecule has 0 unspecified atom stereocenters. The first-order chi connectivity index (χ1) is 13.8. The number of hydrogen-bond donors (Lipinski definition) is 0. The first kappa shape index (κ1) is 21.1. The van der Waals surface area contributed by atoms with Gasteiger partial charge < -0.3 is 9.47 Å². The van der Waals surface area contributed by atoms with E-state index >= 15 is 0 Å². The molecular formula is C20H24N2O6S. The minimum atomic E-state index is -3.81. The highest BCUT2D eigenvalue weighted by Gasteiger charge is 2.31. The van der Waals surface area contributed by atoms with Crippen molar-refractivity contribution in [1.82, 2.24) is 4.31 Å². The number of para-hydroxylation sites is 2. The fraction of sp³-hybridized carbons (Fsp3) is 0.400. The van der Waals surface area contributed by atoms with E-state index in [1.807, 2.05) is 13.8 Å². The normalized spacial score (nSPS) is 17.7. The summed E-state index contributed by atoms with van der Waals surface area (Å²) in [4.78, 5) is 10.9. The van der Waals surface area contributed by atoms with Crippen LogP contribution >= 0.6 is 0 Å². The molecule has 0 aliphatic carbocycles. The molecule has 0 bridgehead atoms. The van der Waals surface area contributed by atoms with Crippen molar-refractivity contribution in [3.63, 3.8) is 0 Å². The fourth-order valence-corrected chi connectivity index (χ4v) is 4.95. The van der Waals surface area contributed by atoms with Crippen molar-refractivity contribution in [2.75, 3.05) is 19.7 Å². The Hall–Kier alpha value is -2.65. The molecule has 29 heavy (non-hydrogen) atoms. The third-order valence-electron chi connectivity index (χ3n) is 4.75. The number of rotatable bonds is 7. The number of piperidine rings is 1. The van der Waals surface area contributed by atoms with Gasteiger partial charge in [-0.05, 0) is 49.9 Å². The summed E-state index contributed by atoms with van der Waals surface area (Å²) in [6.45, 7) is 5.06. The molecule has 2 aromatic carbocycles. The molecule has 0 spiro atoms. The lowest BCUT2D eigenvalue weighted by atomic mass is 10.0. The molecule has 0 amide bonds. The van der Waals surface area contributed by atoms with E-state index in [0.717, 1.165) is 18.9 Å². The van der Waals surface area contributed by atoms with Crippen molar-refractivity contribution < 1.29 is 22.8 Å². The standard InChI is InChI=1S/C20H24N2O6S/c1-3-27-19-8-4-5-9-20(19)28-18-11-10-16(13-17(18)22(23)24)29(25,26)21-12-6-7-15(2)14-21/h4-5,8-11,13,15H,3,6-7,12,14H2,1-2H3/t15-/m0/s1. The topological polar surface area (TPSA) is 99.0 Å². The lowest BCUT2D eigenvalue weighted by Gasteiger charge is -2.30. The van der Waals surface area contributed by atoms with E-state index in [1.54, 1.807) is 24.3 Å². The van der Waals surface area contributed by atoms with Crippen LogP contribution in [0.5, 0.6) is 17.2 Å². The summed E-state index contributed by atoms with van der Waals surface area (Å²) in [5, 5.41) is 11.6. The lowest BCUT2D eigenvalue weighted by Crippen LogP contribution is -2.39. The van der Waals surface area contributed by atoms with Gasteiger partial charge in [-0.15, -0.1) is 0 Å². The predicted octanol–water partition coefficient (Wildman–Crippen LogP) is 4.21. The molecule has 1 heterocycles. The second-order valence-electron chi connectivity index (χ2n) is 6.98. The number of ether oxygens (including phenoxy) is 2. The highest BCUT2D eigenvalue weighted by Crippen LogP contribution is 2.38. The third kappa shape index (κ3) is 4.68. The van der Waals surface area contributed by atoms with Crippen molar-refractivity contribution in [2.24, 2.45) is 5.92 Å². The largest absolute Gasteiger partial charge is 0.490 e. The average molecular weight is 420 g/mol. The molecule has 2 aromatic rings. The van der Waals surface area contributed by atoms with E-state index < -0.39 is 20.6 Å². The van der Waals surface area contributed by atoms with E-state index in [4.69, 9.17) is 9.47 Å². The number of benzene rings is 2. The van der Waals surface area contributed by atoms with E-state index in [1.165, 1.54) is 16.4 Å². The van der Waals surface area contributed by atoms with Crippen LogP contribution in [-0.2, 0) is 10.0 Å². The zero-order chi connectivity index (χ0) is 21.0. The molecule has 8 nitrogen and oxygen atoms in total. The smallest absolute Gasteiger partial charge is 0.312 e. The average Bonchev–Trinajstić information content (AvgIpc) is 2.69. The molecule has 1 aliphatic heterocycles. The SMILES string of the molecule is CCOc1ccccc1Oc1ccc(S(=O)(=O)N2CCC[C@H](C)C2)cc1[N+](=O)[O-]. The molecular weight excluding hydrogens is 396 g/mol. The number of nitrogens with zero attached hydrogens (tertiary/aromatic N) is 2. The van der Waals surface area contributed by atoms with Crippen LogP contribution in [0.1, 0.15) is 26.7 Å². The Balaban J connectivity index is 1.95. The van der Waals surface area contributed by atoms with Gasteiger partial charge in [-0.2, -0.15) is 4.31 Å². The highest BCUT2D eigenvalue weighted by molar-refractivity contribution is 7.89. The second kappa shape index (κ2) is 8.79. The Bertz CT molecular complexity index is 992. The van der Waals surface area contributed by atoms with Crippen LogP contribution in [0.15, 0.2) is 47.4 Å². The maximum atomic E-state index is 13.0. The van der Waals surface area contributed by atoms with Crippen molar-refractivity contribution in [3.8, 4) is 17.2 Å². The molecule has 0 aromatic heterocycles. The summed E-state index contributed by atoms with van der Waals surface area (Å²) in [5.41, 5.74) is -0.414. The quantitative estimate of drug-likeness (QED) is 0.491. The molecule has 1 fully saturated rings. The maximum absolute atomic E-state index is 13.0. The second-order valence-corrected chi connectivity index (χ2v) is 8.92. The predicted molar refractivity (Wildman–Crippen MR) is 108 cm³/mol. The van der Waals surface area contributed by atoms with Crippen LogP contribution in [-0.4, -0.2) is 37.3 Å². The van der Waals surface area contributed by atoms with Crippen LogP contribution in [0.4, 0.5) is 5.69 Å². The van der Waals surface area contributed by atoms with Gasteiger partial charge in [-0.25, -0.2) is 8.42 Å². The Labute approximate surface area is 170 Å². The Morgan fingerprint density at radius 2 is 1.90 bits per heavy atom. The van der Waals surface area contributed by atoms with Gasteiger partial charge in [0.15, 0.2) is 11.5 Å². The van der Waals surface area contributed by atoms with Crippen LogP contribution < -0.4 is 9.47 Å². The van der Waals surface area contributed by atoms with Gasteiger partial charge in [0.25, 0.3) is 0 Å². The molecule has 1 atom stereocenters. The highest BCUT2D eigenvalue weighted by atomic mass is 32.2. The van der Waals surface area contributed by atoms with Crippen molar-refractivity contribution in [1.29, 1.82) is 0 Å². The maximum Gasteiger partial charge on any atom is 0.312 e. The van der Waals surface area contributed by atoms with Gasteiger partial charge in [0.2, 0.25) is 15.8 Å². The molecule has 1 saturated heterocycles. The minimum absolute atomic E-state index is 0.0480. The Kier molecular flexibility index (Phi) is 6.39. The van der Waals surface area contributed by atoms with Gasteiger partial charge in [-0.1, -0.05) is 19.1 Å². The zero-order valence-corrected chi connectivity index (χ0v) is 17.2. The van der Waals surface area contributed by atoms with Gasteiger partial charge >= 0.3 is 5.69 Å². The summed E-state index contributed by atoms with van der Waals surface area (Å²) >= 11 is 0. The third-order valence-corrected chi connectivity index (χ3v) is 6.61. The van der Waals surface area contributed by atoms with Crippen LogP contribution in [0, 0.1) is 16.0 Å². The molecule has 3 rings (SSSR count). The molecule has 0 radical (unpaired) electrons. The van der Waals surface area contributed by atoms with Gasteiger partial charge in [0.05, 0.1) is 16.4 Å². The molecule has 0 saturated carbocycles. The zero-order valence-electron chi connectivity index (χ0n) is 16.4. The van der Waals surface area contributed by atoms with Crippen molar-refractivity contribution >= 4 is 15.7 Å². The van der Waals surface area contributed by atoms with Crippen molar-refractivity contribution in [3.05, 3.63) is 52.6 Å².